The van der Waals surface area contributed by atoms with E-state index in [0.717, 1.165) is 11.1 Å². The molecule has 0 aliphatic carbocycles. The summed E-state index contributed by atoms with van der Waals surface area (Å²) in [6.45, 7) is -2.59. The van der Waals surface area contributed by atoms with Crippen molar-refractivity contribution in [2.24, 2.45) is 5.73 Å². The van der Waals surface area contributed by atoms with Gasteiger partial charge >= 0.3 is 6.61 Å². The first-order valence-corrected chi connectivity index (χ1v) is 9.96. The second-order valence-corrected chi connectivity index (χ2v) is 7.26. The minimum absolute atomic E-state index is 0.0104. The van der Waals surface area contributed by atoms with Crippen LogP contribution in [0.1, 0.15) is 31.8 Å². The van der Waals surface area contributed by atoms with Gasteiger partial charge in [0, 0.05) is 23.2 Å². The van der Waals surface area contributed by atoms with Gasteiger partial charge in [-0.2, -0.15) is 8.78 Å². The fourth-order valence-corrected chi connectivity index (χ4v) is 3.62. The van der Waals surface area contributed by atoms with Gasteiger partial charge < -0.3 is 25.3 Å². The summed E-state index contributed by atoms with van der Waals surface area (Å²) in [5, 5.41) is 2.76. The molecule has 170 valence electrons. The van der Waals surface area contributed by atoms with Gasteiger partial charge in [-0.1, -0.05) is 18.2 Å². The molecule has 2 amide bonds. The Hall–Kier alpha value is -4.14. The molecule has 1 aliphatic rings. The summed E-state index contributed by atoms with van der Waals surface area (Å²) in [6.07, 6.45) is 0. The van der Waals surface area contributed by atoms with Crippen LogP contribution < -0.4 is 25.3 Å². The van der Waals surface area contributed by atoms with Crippen molar-refractivity contribution in [1.82, 2.24) is 5.32 Å². The van der Waals surface area contributed by atoms with Crippen LogP contribution in [0.3, 0.4) is 0 Å². The van der Waals surface area contributed by atoms with Crippen molar-refractivity contribution < 1.29 is 32.6 Å². The molecule has 3 N–H and O–H groups in total. The number of carbonyl (C=O) groups excluding carboxylic acids is 2. The van der Waals surface area contributed by atoms with Gasteiger partial charge in [-0.15, -0.1) is 0 Å². The summed E-state index contributed by atoms with van der Waals surface area (Å²) in [5.41, 5.74) is 9.03. The highest BCUT2D eigenvalue weighted by molar-refractivity contribution is 5.99. The Bertz CT molecular complexity index is 1210. The van der Waals surface area contributed by atoms with Gasteiger partial charge in [0.15, 0.2) is 11.5 Å². The SMILES string of the molecule is COc1c(OC(F)F)ccc(-c2ccc3c(c2)CNC3=O)c1OCc1ccc(C(N)=O)cc1. The fraction of sp³-hybridized carbons (Fsp3) is 0.167. The molecule has 0 saturated heterocycles. The predicted molar refractivity (Wildman–Crippen MR) is 116 cm³/mol. The zero-order valence-electron chi connectivity index (χ0n) is 17.6. The van der Waals surface area contributed by atoms with E-state index < -0.39 is 12.5 Å². The molecule has 0 atom stereocenters. The van der Waals surface area contributed by atoms with Crippen molar-refractivity contribution in [2.75, 3.05) is 7.11 Å². The molecule has 1 heterocycles. The van der Waals surface area contributed by atoms with E-state index in [0.29, 0.717) is 28.8 Å². The third-order valence-corrected chi connectivity index (χ3v) is 5.22. The minimum Gasteiger partial charge on any atom is -0.490 e. The lowest BCUT2D eigenvalue weighted by atomic mass is 9.99. The molecule has 3 aromatic rings. The molecule has 9 heteroatoms. The summed E-state index contributed by atoms with van der Waals surface area (Å²) >= 11 is 0. The lowest BCUT2D eigenvalue weighted by molar-refractivity contribution is -0.0513. The predicted octanol–water partition coefficient (Wildman–Crippen LogP) is 3.88. The highest BCUT2D eigenvalue weighted by Crippen LogP contribution is 2.45. The number of nitrogens with one attached hydrogen (secondary N) is 1. The molecular weight excluding hydrogens is 434 g/mol. The lowest BCUT2D eigenvalue weighted by Gasteiger charge is -2.19. The van der Waals surface area contributed by atoms with E-state index in [1.807, 2.05) is 6.07 Å². The van der Waals surface area contributed by atoms with Crippen molar-refractivity contribution in [3.63, 3.8) is 0 Å². The summed E-state index contributed by atoms with van der Waals surface area (Å²) in [4.78, 5) is 23.2. The van der Waals surface area contributed by atoms with Crippen molar-refractivity contribution in [3.8, 4) is 28.4 Å². The highest BCUT2D eigenvalue weighted by atomic mass is 19.3. The van der Waals surface area contributed by atoms with Gasteiger partial charge in [-0.3, -0.25) is 9.59 Å². The molecule has 0 saturated carbocycles. The van der Waals surface area contributed by atoms with Crippen LogP contribution in [0.4, 0.5) is 8.78 Å². The highest BCUT2D eigenvalue weighted by Gasteiger charge is 2.23. The van der Waals surface area contributed by atoms with Crippen LogP contribution in [0.5, 0.6) is 17.2 Å². The maximum absolute atomic E-state index is 12.9. The molecule has 0 radical (unpaired) electrons. The van der Waals surface area contributed by atoms with Gasteiger partial charge in [0.05, 0.1) is 7.11 Å². The van der Waals surface area contributed by atoms with E-state index in [1.54, 1.807) is 42.5 Å². The Morgan fingerprint density at radius 2 is 1.79 bits per heavy atom. The van der Waals surface area contributed by atoms with E-state index in [-0.39, 0.29) is 29.8 Å². The number of alkyl halides is 2. The van der Waals surface area contributed by atoms with Crippen molar-refractivity contribution in [1.29, 1.82) is 0 Å². The van der Waals surface area contributed by atoms with Crippen LogP contribution in [-0.4, -0.2) is 25.5 Å². The van der Waals surface area contributed by atoms with Crippen LogP contribution >= 0.6 is 0 Å². The molecule has 0 fully saturated rings. The van der Waals surface area contributed by atoms with Crippen molar-refractivity contribution in [3.05, 3.63) is 76.9 Å². The Kier molecular flexibility index (Phi) is 6.12. The van der Waals surface area contributed by atoms with E-state index in [2.05, 4.69) is 10.1 Å². The Balaban J connectivity index is 1.73. The molecule has 0 aromatic heterocycles. The molecule has 1 aliphatic heterocycles. The first kappa shape index (κ1) is 22.1. The number of hydrogen-bond acceptors (Lipinski definition) is 5. The third kappa shape index (κ3) is 4.57. The second-order valence-electron chi connectivity index (χ2n) is 7.26. The normalized spacial score (nSPS) is 12.3. The zero-order valence-corrected chi connectivity index (χ0v) is 17.6. The van der Waals surface area contributed by atoms with Crippen LogP contribution in [0.15, 0.2) is 54.6 Å². The van der Waals surface area contributed by atoms with Crippen molar-refractivity contribution in [2.45, 2.75) is 19.8 Å². The maximum Gasteiger partial charge on any atom is 0.387 e. The van der Waals surface area contributed by atoms with E-state index >= 15 is 0 Å². The van der Waals surface area contributed by atoms with Gasteiger partial charge in [0.25, 0.3) is 5.91 Å². The monoisotopic (exact) mass is 454 g/mol. The van der Waals surface area contributed by atoms with Crippen LogP contribution in [-0.2, 0) is 13.2 Å². The maximum atomic E-state index is 12.9. The summed E-state index contributed by atoms with van der Waals surface area (Å²) in [5.74, 6) is -0.657. The molecule has 7 nitrogen and oxygen atoms in total. The lowest BCUT2D eigenvalue weighted by Crippen LogP contribution is -2.12. The Morgan fingerprint density at radius 1 is 1.06 bits per heavy atom. The third-order valence-electron chi connectivity index (χ3n) is 5.22. The number of primary amides is 1. The fourth-order valence-electron chi connectivity index (χ4n) is 3.62. The number of amides is 2. The van der Waals surface area contributed by atoms with Crippen LogP contribution in [0, 0.1) is 0 Å². The number of nitrogens with two attached hydrogens (primary N) is 1. The van der Waals surface area contributed by atoms with E-state index in [1.165, 1.54) is 13.2 Å². The minimum atomic E-state index is -3.05. The number of hydrogen-bond donors (Lipinski definition) is 2. The summed E-state index contributed by atoms with van der Waals surface area (Å²) < 4.78 is 41.9. The number of fused-ring (bicyclic) bond motifs is 1. The second kappa shape index (κ2) is 9.15. The standard InChI is InChI=1S/C24H20F2N2O5/c1-31-21-19(33-24(25)26)9-8-17(15-6-7-18-16(10-15)11-28-23(18)30)20(21)32-12-13-2-4-14(5-3-13)22(27)29/h2-10,24H,11-12H2,1H3,(H2,27,29)(H,28,30). The Morgan fingerprint density at radius 3 is 2.45 bits per heavy atom. The quantitative estimate of drug-likeness (QED) is 0.538. The van der Waals surface area contributed by atoms with Gasteiger partial charge in [0.2, 0.25) is 11.7 Å². The topological polar surface area (TPSA) is 99.9 Å². The number of ether oxygens (including phenoxy) is 3. The van der Waals surface area contributed by atoms with Gasteiger partial charge in [-0.25, -0.2) is 0 Å². The zero-order chi connectivity index (χ0) is 23.5. The van der Waals surface area contributed by atoms with Crippen molar-refractivity contribution >= 4 is 11.8 Å². The summed E-state index contributed by atoms with van der Waals surface area (Å²) in [6, 6.07) is 14.8. The molecule has 33 heavy (non-hydrogen) atoms. The first-order chi connectivity index (χ1) is 15.9. The Labute approximate surface area is 188 Å². The molecule has 0 bridgehead atoms. The smallest absolute Gasteiger partial charge is 0.387 e. The summed E-state index contributed by atoms with van der Waals surface area (Å²) in [7, 11) is 1.33. The van der Waals surface area contributed by atoms with Gasteiger partial charge in [-0.05, 0) is 53.1 Å². The first-order valence-electron chi connectivity index (χ1n) is 9.96. The molecular formula is C24H20F2N2O5. The number of rotatable bonds is 8. The van der Waals surface area contributed by atoms with E-state index in [4.69, 9.17) is 15.2 Å². The van der Waals surface area contributed by atoms with E-state index in [9.17, 15) is 18.4 Å². The number of methoxy groups -OCH3 is 1. The molecule has 4 rings (SSSR count). The van der Waals surface area contributed by atoms with Gasteiger partial charge in [0.1, 0.15) is 6.61 Å². The molecule has 3 aromatic carbocycles. The number of benzene rings is 3. The molecule has 0 spiro atoms. The largest absolute Gasteiger partial charge is 0.490 e. The van der Waals surface area contributed by atoms with Crippen LogP contribution in [0.25, 0.3) is 11.1 Å². The number of halogens is 2. The average molecular weight is 454 g/mol. The number of carbonyl (C=O) groups is 2. The average Bonchev–Trinajstić information content (AvgIpc) is 3.17. The van der Waals surface area contributed by atoms with Crippen LogP contribution in [0.2, 0.25) is 0 Å². The molecule has 0 unspecified atom stereocenters.